The minimum atomic E-state index is 0.544. The molecule has 4 N–H and O–H groups in total. The van der Waals surface area contributed by atoms with Crippen LogP contribution in [0.2, 0.25) is 10.0 Å². The molecule has 0 aromatic heterocycles. The summed E-state index contributed by atoms with van der Waals surface area (Å²) in [6, 6.07) is 10.3. The molecule has 0 fully saturated rings. The minimum Gasteiger partial charge on any atom is -0.398 e. The van der Waals surface area contributed by atoms with Crippen molar-refractivity contribution >= 4 is 47.0 Å². The summed E-state index contributed by atoms with van der Waals surface area (Å²) < 4.78 is 0. The lowest BCUT2D eigenvalue weighted by Gasteiger charge is -1.99. The highest BCUT2D eigenvalue weighted by atomic mass is 35.5. The van der Waals surface area contributed by atoms with Gasteiger partial charge in [0.2, 0.25) is 0 Å². The van der Waals surface area contributed by atoms with Crippen molar-refractivity contribution in [3.8, 4) is 0 Å². The van der Waals surface area contributed by atoms with Crippen molar-refractivity contribution in [3.63, 3.8) is 0 Å². The predicted octanol–water partition coefficient (Wildman–Crippen LogP) is 3.61. The molecule has 0 atom stereocenters. The molecule has 2 aromatic rings. The molecular formula is C14H12Cl2N4. The monoisotopic (exact) mass is 306 g/mol. The van der Waals surface area contributed by atoms with Crippen molar-refractivity contribution in [3.05, 3.63) is 57.6 Å². The standard InChI is InChI=1S/C14H12Cl2N4/c15-11-3-1-9(13(17)5-11)7-19-20-8-10-2-4-12(16)6-14(10)18/h1-8H,17-18H2/b19-7+,20-8+. The Morgan fingerprint density at radius 2 is 1.15 bits per heavy atom. The number of anilines is 2. The number of nitrogens with zero attached hydrogens (tertiary/aromatic N) is 2. The Labute approximate surface area is 126 Å². The maximum atomic E-state index is 5.81. The van der Waals surface area contributed by atoms with Crippen molar-refractivity contribution in [2.45, 2.75) is 0 Å². The van der Waals surface area contributed by atoms with Crippen LogP contribution < -0.4 is 11.5 Å². The second kappa shape index (κ2) is 6.41. The van der Waals surface area contributed by atoms with E-state index in [-0.39, 0.29) is 0 Å². The molecule has 102 valence electrons. The Balaban J connectivity index is 2.11. The number of nitrogens with two attached hydrogens (primary N) is 2. The molecule has 0 aliphatic heterocycles. The van der Waals surface area contributed by atoms with Crippen LogP contribution in [0.25, 0.3) is 0 Å². The average molecular weight is 307 g/mol. The van der Waals surface area contributed by atoms with Gasteiger partial charge in [0, 0.05) is 32.5 Å². The SMILES string of the molecule is Nc1cc(Cl)ccc1/C=N/N=C/c1ccc(Cl)cc1N. The molecule has 0 saturated carbocycles. The highest BCUT2D eigenvalue weighted by molar-refractivity contribution is 6.31. The van der Waals surface area contributed by atoms with Gasteiger partial charge in [-0.05, 0) is 36.4 Å². The highest BCUT2D eigenvalue weighted by Crippen LogP contribution is 2.17. The van der Waals surface area contributed by atoms with Gasteiger partial charge in [0.25, 0.3) is 0 Å². The molecule has 2 rings (SSSR count). The van der Waals surface area contributed by atoms with Gasteiger partial charge in [-0.15, -0.1) is 0 Å². The Kier molecular flexibility index (Phi) is 4.61. The van der Waals surface area contributed by atoms with Crippen molar-refractivity contribution in [1.82, 2.24) is 0 Å². The molecule has 0 saturated heterocycles. The summed E-state index contributed by atoms with van der Waals surface area (Å²) >= 11 is 11.6. The number of rotatable bonds is 3. The minimum absolute atomic E-state index is 0.544. The van der Waals surface area contributed by atoms with E-state index in [2.05, 4.69) is 10.2 Å². The molecule has 0 aliphatic carbocycles. The third-order valence-electron chi connectivity index (χ3n) is 2.56. The molecule has 0 bridgehead atoms. The van der Waals surface area contributed by atoms with Gasteiger partial charge in [0.1, 0.15) is 0 Å². The van der Waals surface area contributed by atoms with Crippen LogP contribution in [0, 0.1) is 0 Å². The topological polar surface area (TPSA) is 76.8 Å². The first-order chi connectivity index (χ1) is 9.56. The van der Waals surface area contributed by atoms with Crippen LogP contribution in [-0.2, 0) is 0 Å². The van der Waals surface area contributed by atoms with E-state index in [0.29, 0.717) is 21.4 Å². The summed E-state index contributed by atoms with van der Waals surface area (Å²) in [5, 5.41) is 9.01. The molecule has 0 amide bonds. The fourth-order valence-electron chi connectivity index (χ4n) is 1.52. The smallest absolute Gasteiger partial charge is 0.0588 e. The molecule has 0 heterocycles. The summed E-state index contributed by atoms with van der Waals surface area (Å²) in [6.07, 6.45) is 3.10. The van der Waals surface area contributed by atoms with Crippen molar-refractivity contribution in [2.75, 3.05) is 11.5 Å². The van der Waals surface area contributed by atoms with E-state index in [0.717, 1.165) is 11.1 Å². The van der Waals surface area contributed by atoms with E-state index in [1.54, 1.807) is 48.8 Å². The third-order valence-corrected chi connectivity index (χ3v) is 3.03. The summed E-state index contributed by atoms with van der Waals surface area (Å²) in [5.41, 5.74) is 14.2. The first-order valence-electron chi connectivity index (χ1n) is 5.73. The maximum absolute atomic E-state index is 5.81. The normalized spacial score (nSPS) is 11.5. The van der Waals surface area contributed by atoms with Crippen LogP contribution in [-0.4, -0.2) is 12.4 Å². The Bertz CT molecular complexity index is 621. The van der Waals surface area contributed by atoms with Gasteiger partial charge in [-0.3, -0.25) is 0 Å². The van der Waals surface area contributed by atoms with Gasteiger partial charge in [-0.2, -0.15) is 10.2 Å². The first kappa shape index (κ1) is 14.4. The van der Waals surface area contributed by atoms with Gasteiger partial charge in [0.05, 0.1) is 12.4 Å². The third kappa shape index (κ3) is 3.73. The van der Waals surface area contributed by atoms with E-state index in [4.69, 9.17) is 34.7 Å². The largest absolute Gasteiger partial charge is 0.398 e. The molecule has 0 unspecified atom stereocenters. The lowest BCUT2D eigenvalue weighted by molar-refractivity contribution is 1.26. The summed E-state index contributed by atoms with van der Waals surface area (Å²) in [7, 11) is 0. The molecular weight excluding hydrogens is 295 g/mol. The summed E-state index contributed by atoms with van der Waals surface area (Å²) in [6.45, 7) is 0. The van der Waals surface area contributed by atoms with Crippen molar-refractivity contribution in [2.24, 2.45) is 10.2 Å². The molecule has 6 heteroatoms. The van der Waals surface area contributed by atoms with Gasteiger partial charge >= 0.3 is 0 Å². The van der Waals surface area contributed by atoms with Gasteiger partial charge < -0.3 is 11.5 Å². The molecule has 4 nitrogen and oxygen atoms in total. The Morgan fingerprint density at radius 1 is 0.750 bits per heavy atom. The van der Waals surface area contributed by atoms with Crippen LogP contribution in [0.4, 0.5) is 11.4 Å². The van der Waals surface area contributed by atoms with Gasteiger partial charge in [0.15, 0.2) is 0 Å². The van der Waals surface area contributed by atoms with Gasteiger partial charge in [-0.1, -0.05) is 23.2 Å². The first-order valence-corrected chi connectivity index (χ1v) is 6.48. The predicted molar refractivity (Wildman–Crippen MR) is 86.9 cm³/mol. The van der Waals surface area contributed by atoms with Crippen LogP contribution in [0.5, 0.6) is 0 Å². The lowest BCUT2D eigenvalue weighted by Crippen LogP contribution is -1.93. The molecule has 20 heavy (non-hydrogen) atoms. The van der Waals surface area contributed by atoms with Crippen LogP contribution >= 0.6 is 23.2 Å². The Hall–Kier alpha value is -2.04. The quantitative estimate of drug-likeness (QED) is 0.516. The highest BCUT2D eigenvalue weighted by Gasteiger charge is 1.97. The molecule has 0 aliphatic rings. The number of nitrogen functional groups attached to an aromatic ring is 2. The van der Waals surface area contributed by atoms with Crippen LogP contribution in [0.1, 0.15) is 11.1 Å². The summed E-state index contributed by atoms with van der Waals surface area (Å²) in [5.74, 6) is 0. The van der Waals surface area contributed by atoms with Crippen LogP contribution in [0.15, 0.2) is 46.6 Å². The maximum Gasteiger partial charge on any atom is 0.0588 e. The zero-order chi connectivity index (χ0) is 14.5. The van der Waals surface area contributed by atoms with E-state index < -0.39 is 0 Å². The zero-order valence-electron chi connectivity index (χ0n) is 10.4. The van der Waals surface area contributed by atoms with Crippen LogP contribution in [0.3, 0.4) is 0 Å². The molecule has 0 spiro atoms. The van der Waals surface area contributed by atoms with Gasteiger partial charge in [-0.25, -0.2) is 0 Å². The zero-order valence-corrected chi connectivity index (χ0v) is 11.9. The number of hydrogen-bond acceptors (Lipinski definition) is 4. The fourth-order valence-corrected chi connectivity index (χ4v) is 1.88. The second-order valence-corrected chi connectivity index (χ2v) is 4.91. The number of benzene rings is 2. The fraction of sp³-hybridized carbons (Fsp3) is 0. The average Bonchev–Trinajstić information content (AvgIpc) is 2.39. The van der Waals surface area contributed by atoms with E-state index in [1.165, 1.54) is 0 Å². The van der Waals surface area contributed by atoms with E-state index in [1.807, 2.05) is 0 Å². The molecule has 0 radical (unpaired) electrons. The number of halogens is 2. The lowest BCUT2D eigenvalue weighted by atomic mass is 10.2. The number of hydrogen-bond donors (Lipinski definition) is 2. The second-order valence-electron chi connectivity index (χ2n) is 4.04. The van der Waals surface area contributed by atoms with E-state index >= 15 is 0 Å². The van der Waals surface area contributed by atoms with Crippen molar-refractivity contribution in [1.29, 1.82) is 0 Å². The Morgan fingerprint density at radius 3 is 1.50 bits per heavy atom. The van der Waals surface area contributed by atoms with E-state index in [9.17, 15) is 0 Å². The molecule has 2 aromatic carbocycles. The summed E-state index contributed by atoms with van der Waals surface area (Å²) in [4.78, 5) is 0. The van der Waals surface area contributed by atoms with Crippen molar-refractivity contribution < 1.29 is 0 Å².